The van der Waals surface area contributed by atoms with E-state index < -0.39 is 0 Å². The number of anilines is 2. The van der Waals surface area contributed by atoms with Gasteiger partial charge in [-0.25, -0.2) is 9.97 Å². The Kier molecular flexibility index (Phi) is 4.14. The molecule has 26 heavy (non-hydrogen) atoms. The third kappa shape index (κ3) is 3.30. The maximum absolute atomic E-state index is 5.85. The molecule has 0 radical (unpaired) electrons. The van der Waals surface area contributed by atoms with E-state index in [2.05, 4.69) is 20.3 Å². The van der Waals surface area contributed by atoms with E-state index in [1.54, 1.807) is 19.4 Å². The third-order valence-corrected chi connectivity index (χ3v) is 3.90. The summed E-state index contributed by atoms with van der Waals surface area (Å²) < 4.78 is 15.8. The van der Waals surface area contributed by atoms with Crippen LogP contribution in [0, 0.1) is 0 Å². The van der Waals surface area contributed by atoms with Gasteiger partial charge in [0.1, 0.15) is 5.82 Å². The van der Waals surface area contributed by atoms with Crippen molar-refractivity contribution in [2.24, 2.45) is 0 Å². The van der Waals surface area contributed by atoms with E-state index in [-0.39, 0.29) is 12.7 Å². The maximum atomic E-state index is 5.85. The Bertz CT molecular complexity index is 931. The number of ether oxygens (including phenoxy) is 3. The normalized spacial score (nSPS) is 12.0. The lowest BCUT2D eigenvalue weighted by atomic mass is 10.2. The molecule has 0 saturated carbocycles. The number of pyridine rings is 1. The molecule has 2 aromatic heterocycles. The van der Waals surface area contributed by atoms with Crippen molar-refractivity contribution in [3.63, 3.8) is 0 Å². The summed E-state index contributed by atoms with van der Waals surface area (Å²) in [5.41, 5.74) is 8.40. The van der Waals surface area contributed by atoms with Gasteiger partial charge in [0.25, 0.3) is 0 Å². The molecule has 3 N–H and O–H groups in total. The highest BCUT2D eigenvalue weighted by Crippen LogP contribution is 2.32. The number of hydrogen-bond acceptors (Lipinski definition) is 8. The van der Waals surface area contributed by atoms with Crippen molar-refractivity contribution in [2.45, 2.75) is 6.54 Å². The first-order valence-electron chi connectivity index (χ1n) is 7.98. The minimum Gasteiger partial charge on any atom is -0.481 e. The van der Waals surface area contributed by atoms with Crippen molar-refractivity contribution in [2.75, 3.05) is 25.0 Å². The van der Waals surface area contributed by atoms with Gasteiger partial charge in [-0.2, -0.15) is 4.98 Å². The fourth-order valence-electron chi connectivity index (χ4n) is 2.60. The summed E-state index contributed by atoms with van der Waals surface area (Å²) in [6.07, 6.45) is 1.68. The lowest BCUT2D eigenvalue weighted by Gasteiger charge is -2.09. The average molecular weight is 351 g/mol. The van der Waals surface area contributed by atoms with E-state index >= 15 is 0 Å². The summed E-state index contributed by atoms with van der Waals surface area (Å²) in [4.78, 5) is 12.7. The highest BCUT2D eigenvalue weighted by atomic mass is 16.7. The molecule has 8 nitrogen and oxygen atoms in total. The van der Waals surface area contributed by atoms with E-state index in [0.717, 1.165) is 22.6 Å². The van der Waals surface area contributed by atoms with Crippen LogP contribution in [0.1, 0.15) is 5.56 Å². The molecule has 0 spiro atoms. The summed E-state index contributed by atoms with van der Waals surface area (Å²) in [6.45, 7) is 0.821. The molecule has 0 atom stereocenters. The minimum atomic E-state index is 0.187. The molecule has 0 amide bonds. The Labute approximate surface area is 150 Å². The lowest BCUT2D eigenvalue weighted by molar-refractivity contribution is 0.174. The zero-order valence-corrected chi connectivity index (χ0v) is 14.1. The van der Waals surface area contributed by atoms with Gasteiger partial charge in [-0.1, -0.05) is 6.07 Å². The summed E-state index contributed by atoms with van der Waals surface area (Å²) >= 11 is 0. The number of nitrogens with one attached hydrogen (secondary N) is 1. The van der Waals surface area contributed by atoms with Gasteiger partial charge in [-0.3, -0.25) is 0 Å². The summed E-state index contributed by atoms with van der Waals surface area (Å²) in [6, 6.07) is 11.3. The first-order valence-corrected chi connectivity index (χ1v) is 7.98. The largest absolute Gasteiger partial charge is 0.481 e. The number of fused-ring (bicyclic) bond motifs is 1. The van der Waals surface area contributed by atoms with Gasteiger partial charge < -0.3 is 25.3 Å². The Morgan fingerprint density at radius 2 is 2.00 bits per heavy atom. The van der Waals surface area contributed by atoms with Crippen LogP contribution in [0.5, 0.6) is 17.4 Å². The molecule has 0 unspecified atom stereocenters. The van der Waals surface area contributed by atoms with Gasteiger partial charge in [0.05, 0.1) is 12.8 Å². The smallest absolute Gasteiger partial charge is 0.231 e. The Morgan fingerprint density at radius 1 is 1.12 bits per heavy atom. The molecule has 3 heterocycles. The first kappa shape index (κ1) is 15.9. The van der Waals surface area contributed by atoms with Crippen LogP contribution in [0.4, 0.5) is 11.8 Å². The zero-order chi connectivity index (χ0) is 17.9. The predicted octanol–water partition coefficient (Wildman–Crippen LogP) is 2.47. The summed E-state index contributed by atoms with van der Waals surface area (Å²) in [5, 5.41) is 3.25. The monoisotopic (exact) mass is 351 g/mol. The molecule has 8 heteroatoms. The standard InChI is InChI=1S/C18H17N5O3/c1-24-17-5-3-12(9-21-17)13-7-16(23-18(19)22-13)20-8-11-2-4-14-15(6-11)26-10-25-14/h2-7,9H,8,10H2,1H3,(H3,19,20,22,23). The number of aromatic nitrogens is 3. The Balaban J connectivity index is 1.52. The second-order valence-electron chi connectivity index (χ2n) is 5.63. The van der Waals surface area contributed by atoms with E-state index in [1.807, 2.05) is 30.3 Å². The molecule has 1 aromatic carbocycles. The second-order valence-corrected chi connectivity index (χ2v) is 5.63. The molecule has 0 bridgehead atoms. The van der Waals surface area contributed by atoms with E-state index in [4.69, 9.17) is 19.9 Å². The van der Waals surface area contributed by atoms with Crippen LogP contribution in [0.3, 0.4) is 0 Å². The number of nitrogens with two attached hydrogens (primary N) is 1. The average Bonchev–Trinajstić information content (AvgIpc) is 3.14. The Hall–Kier alpha value is -3.55. The fourth-order valence-corrected chi connectivity index (χ4v) is 2.60. The number of rotatable bonds is 5. The van der Waals surface area contributed by atoms with Crippen molar-refractivity contribution in [3.05, 3.63) is 48.2 Å². The highest BCUT2D eigenvalue weighted by Gasteiger charge is 2.13. The molecule has 132 valence electrons. The van der Waals surface area contributed by atoms with Gasteiger partial charge in [-0.15, -0.1) is 0 Å². The topological polar surface area (TPSA) is 104 Å². The van der Waals surface area contributed by atoms with E-state index in [0.29, 0.717) is 23.9 Å². The van der Waals surface area contributed by atoms with Crippen molar-refractivity contribution in [1.82, 2.24) is 15.0 Å². The molecule has 0 aliphatic carbocycles. The zero-order valence-electron chi connectivity index (χ0n) is 14.1. The van der Waals surface area contributed by atoms with Crippen LogP contribution >= 0.6 is 0 Å². The molecule has 0 saturated heterocycles. The number of benzene rings is 1. The number of nitrogens with zero attached hydrogens (tertiary/aromatic N) is 3. The Morgan fingerprint density at radius 3 is 2.81 bits per heavy atom. The lowest BCUT2D eigenvalue weighted by Crippen LogP contribution is -2.05. The van der Waals surface area contributed by atoms with Crippen LogP contribution in [0.25, 0.3) is 11.3 Å². The SMILES string of the molecule is COc1ccc(-c2cc(NCc3ccc4c(c3)OCO4)nc(N)n2)cn1. The quantitative estimate of drug-likeness (QED) is 0.722. The summed E-state index contributed by atoms with van der Waals surface area (Å²) in [7, 11) is 1.57. The highest BCUT2D eigenvalue weighted by molar-refractivity contribution is 5.63. The van der Waals surface area contributed by atoms with Crippen LogP contribution in [-0.2, 0) is 6.54 Å². The molecule has 1 aliphatic heterocycles. The third-order valence-electron chi connectivity index (χ3n) is 3.90. The number of methoxy groups -OCH3 is 1. The maximum Gasteiger partial charge on any atom is 0.231 e. The van der Waals surface area contributed by atoms with Gasteiger partial charge in [0.15, 0.2) is 11.5 Å². The predicted molar refractivity (Wildman–Crippen MR) is 96.1 cm³/mol. The first-order chi connectivity index (χ1) is 12.7. The van der Waals surface area contributed by atoms with Gasteiger partial charge >= 0.3 is 0 Å². The van der Waals surface area contributed by atoms with Crippen molar-refractivity contribution in [3.8, 4) is 28.6 Å². The van der Waals surface area contributed by atoms with Crippen LogP contribution < -0.4 is 25.3 Å². The van der Waals surface area contributed by atoms with Crippen LogP contribution in [-0.4, -0.2) is 28.9 Å². The molecule has 1 aliphatic rings. The molecular formula is C18H17N5O3. The van der Waals surface area contributed by atoms with E-state index in [9.17, 15) is 0 Å². The van der Waals surface area contributed by atoms with Gasteiger partial charge in [0, 0.05) is 30.4 Å². The van der Waals surface area contributed by atoms with Crippen LogP contribution in [0.15, 0.2) is 42.6 Å². The summed E-state index contributed by atoms with van der Waals surface area (Å²) in [5.74, 6) is 2.86. The molecular weight excluding hydrogens is 334 g/mol. The molecule has 0 fully saturated rings. The fraction of sp³-hybridized carbons (Fsp3) is 0.167. The number of hydrogen-bond donors (Lipinski definition) is 2. The second kappa shape index (κ2) is 6.75. The minimum absolute atomic E-state index is 0.187. The number of nitrogen functional groups attached to an aromatic ring is 1. The van der Waals surface area contributed by atoms with Crippen molar-refractivity contribution in [1.29, 1.82) is 0 Å². The van der Waals surface area contributed by atoms with Crippen LogP contribution in [0.2, 0.25) is 0 Å². The molecule has 3 aromatic rings. The van der Waals surface area contributed by atoms with E-state index in [1.165, 1.54) is 0 Å². The molecule has 4 rings (SSSR count). The van der Waals surface area contributed by atoms with Gasteiger partial charge in [-0.05, 0) is 23.8 Å². The van der Waals surface area contributed by atoms with Crippen molar-refractivity contribution < 1.29 is 14.2 Å². The van der Waals surface area contributed by atoms with Gasteiger partial charge in [0.2, 0.25) is 18.6 Å². The van der Waals surface area contributed by atoms with Crippen molar-refractivity contribution >= 4 is 11.8 Å².